The van der Waals surface area contributed by atoms with E-state index < -0.39 is 5.97 Å². The lowest BCUT2D eigenvalue weighted by atomic mass is 10.1. The van der Waals surface area contributed by atoms with Crippen molar-refractivity contribution in [3.8, 4) is 11.3 Å². The molecule has 0 saturated carbocycles. The zero-order valence-corrected chi connectivity index (χ0v) is 15.4. The highest BCUT2D eigenvalue weighted by atomic mass is 35.5. The molecular weight excluding hydrogens is 372 g/mol. The van der Waals surface area contributed by atoms with Gasteiger partial charge in [-0.05, 0) is 13.0 Å². The SMILES string of the molecule is CCOC(=O)c1nc(N2CCOCC2)c2c(-c3ccccc3Cl)noc2n1. The summed E-state index contributed by atoms with van der Waals surface area (Å²) in [6, 6.07) is 7.33. The average molecular weight is 389 g/mol. The van der Waals surface area contributed by atoms with Crippen molar-refractivity contribution in [2.24, 2.45) is 0 Å². The molecule has 2 aromatic heterocycles. The van der Waals surface area contributed by atoms with E-state index in [0.29, 0.717) is 53.8 Å². The largest absolute Gasteiger partial charge is 0.460 e. The van der Waals surface area contributed by atoms with Crippen LogP contribution in [-0.4, -0.2) is 54.0 Å². The second-order valence-electron chi connectivity index (χ2n) is 5.88. The van der Waals surface area contributed by atoms with Gasteiger partial charge in [0.2, 0.25) is 5.82 Å². The van der Waals surface area contributed by atoms with Crippen LogP contribution in [0, 0.1) is 0 Å². The highest BCUT2D eigenvalue weighted by Crippen LogP contribution is 2.37. The van der Waals surface area contributed by atoms with Gasteiger partial charge in [-0.15, -0.1) is 0 Å². The number of fused-ring (bicyclic) bond motifs is 1. The number of esters is 1. The van der Waals surface area contributed by atoms with E-state index in [4.69, 9.17) is 25.6 Å². The molecule has 4 rings (SSSR count). The third-order valence-electron chi connectivity index (χ3n) is 4.21. The molecule has 140 valence electrons. The molecule has 8 nitrogen and oxygen atoms in total. The maximum absolute atomic E-state index is 12.2. The molecule has 0 amide bonds. The van der Waals surface area contributed by atoms with Crippen LogP contribution in [0.25, 0.3) is 22.4 Å². The molecule has 0 unspecified atom stereocenters. The van der Waals surface area contributed by atoms with Crippen LogP contribution in [0.3, 0.4) is 0 Å². The van der Waals surface area contributed by atoms with Gasteiger partial charge in [0, 0.05) is 18.7 Å². The lowest BCUT2D eigenvalue weighted by Gasteiger charge is -2.28. The fraction of sp³-hybridized carbons (Fsp3) is 0.333. The molecule has 1 aliphatic rings. The van der Waals surface area contributed by atoms with Crippen LogP contribution >= 0.6 is 11.6 Å². The van der Waals surface area contributed by atoms with Crippen LogP contribution in [-0.2, 0) is 9.47 Å². The van der Waals surface area contributed by atoms with Crippen molar-refractivity contribution in [2.75, 3.05) is 37.8 Å². The minimum Gasteiger partial charge on any atom is -0.460 e. The molecule has 1 saturated heterocycles. The van der Waals surface area contributed by atoms with Gasteiger partial charge in [-0.1, -0.05) is 35.0 Å². The van der Waals surface area contributed by atoms with Gasteiger partial charge in [0.25, 0.3) is 5.71 Å². The second kappa shape index (κ2) is 7.50. The van der Waals surface area contributed by atoms with E-state index in [9.17, 15) is 4.79 Å². The van der Waals surface area contributed by atoms with Crippen molar-refractivity contribution in [3.05, 3.63) is 35.1 Å². The molecule has 0 spiro atoms. The van der Waals surface area contributed by atoms with E-state index in [1.807, 2.05) is 23.1 Å². The zero-order valence-electron chi connectivity index (χ0n) is 14.6. The van der Waals surface area contributed by atoms with Gasteiger partial charge in [0.1, 0.15) is 16.9 Å². The highest BCUT2D eigenvalue weighted by molar-refractivity contribution is 6.33. The maximum Gasteiger partial charge on any atom is 0.376 e. The standard InChI is InChI=1S/C18H17ClN4O4/c1-2-26-18(24)15-20-16(23-7-9-25-10-8-23)13-14(22-27-17(13)21-15)11-5-3-4-6-12(11)19/h3-6H,2,7-10H2,1H3. The number of anilines is 1. The Bertz CT molecular complexity index is 985. The van der Waals surface area contributed by atoms with Gasteiger partial charge in [0.05, 0.1) is 24.8 Å². The summed E-state index contributed by atoms with van der Waals surface area (Å²) in [7, 11) is 0. The lowest BCUT2D eigenvalue weighted by Crippen LogP contribution is -2.37. The Hall–Kier alpha value is -2.71. The van der Waals surface area contributed by atoms with Crippen molar-refractivity contribution in [1.29, 1.82) is 0 Å². The Morgan fingerprint density at radius 3 is 2.78 bits per heavy atom. The zero-order chi connectivity index (χ0) is 18.8. The first kappa shape index (κ1) is 17.7. The summed E-state index contributed by atoms with van der Waals surface area (Å²) in [5.41, 5.74) is 1.46. The molecule has 0 aliphatic carbocycles. The number of rotatable bonds is 4. The number of nitrogens with zero attached hydrogens (tertiary/aromatic N) is 4. The molecule has 1 fully saturated rings. The number of hydrogen-bond acceptors (Lipinski definition) is 8. The maximum atomic E-state index is 12.2. The molecule has 0 atom stereocenters. The topological polar surface area (TPSA) is 90.6 Å². The van der Waals surface area contributed by atoms with E-state index >= 15 is 0 Å². The predicted octanol–water partition coefficient (Wildman–Crippen LogP) is 2.95. The first-order valence-corrected chi connectivity index (χ1v) is 8.99. The Morgan fingerprint density at radius 2 is 2.04 bits per heavy atom. The number of carbonyl (C=O) groups excluding carboxylic acids is 1. The summed E-state index contributed by atoms with van der Waals surface area (Å²) in [5.74, 6) is -0.111. The molecule has 0 N–H and O–H groups in total. The second-order valence-corrected chi connectivity index (χ2v) is 6.29. The van der Waals surface area contributed by atoms with Crippen molar-refractivity contribution < 1.29 is 18.8 Å². The summed E-state index contributed by atoms with van der Waals surface area (Å²) in [6.07, 6.45) is 0. The summed E-state index contributed by atoms with van der Waals surface area (Å²) in [6.45, 7) is 4.33. The molecule has 3 aromatic rings. The van der Waals surface area contributed by atoms with Crippen molar-refractivity contribution in [2.45, 2.75) is 6.92 Å². The lowest BCUT2D eigenvalue weighted by molar-refractivity contribution is 0.0512. The summed E-state index contributed by atoms with van der Waals surface area (Å²) >= 11 is 6.35. The van der Waals surface area contributed by atoms with Gasteiger partial charge in [-0.3, -0.25) is 0 Å². The fourth-order valence-corrected chi connectivity index (χ4v) is 3.19. The van der Waals surface area contributed by atoms with Crippen molar-refractivity contribution in [3.63, 3.8) is 0 Å². The van der Waals surface area contributed by atoms with Gasteiger partial charge in [-0.25, -0.2) is 9.78 Å². The summed E-state index contributed by atoms with van der Waals surface area (Å²) < 4.78 is 15.9. The number of aromatic nitrogens is 3. The summed E-state index contributed by atoms with van der Waals surface area (Å²) in [5, 5.41) is 5.30. The number of hydrogen-bond donors (Lipinski definition) is 0. The third-order valence-corrected chi connectivity index (χ3v) is 4.54. The van der Waals surface area contributed by atoms with Crippen LogP contribution in [0.5, 0.6) is 0 Å². The van der Waals surface area contributed by atoms with E-state index in [1.54, 1.807) is 13.0 Å². The van der Waals surface area contributed by atoms with Crippen LogP contribution in [0.4, 0.5) is 5.82 Å². The molecule has 3 heterocycles. The number of benzene rings is 1. The Kier molecular flexibility index (Phi) is 4.91. The number of ether oxygens (including phenoxy) is 2. The monoisotopic (exact) mass is 388 g/mol. The van der Waals surface area contributed by atoms with Crippen molar-refractivity contribution >= 4 is 34.5 Å². The van der Waals surface area contributed by atoms with Gasteiger partial charge < -0.3 is 18.9 Å². The number of morpholine rings is 1. The highest BCUT2D eigenvalue weighted by Gasteiger charge is 2.26. The van der Waals surface area contributed by atoms with E-state index in [-0.39, 0.29) is 18.1 Å². The van der Waals surface area contributed by atoms with Gasteiger partial charge in [0.15, 0.2) is 0 Å². The van der Waals surface area contributed by atoms with Gasteiger partial charge >= 0.3 is 5.97 Å². The Balaban J connectivity index is 1.92. The minimum absolute atomic E-state index is 0.0623. The Labute approximate surface area is 160 Å². The molecule has 27 heavy (non-hydrogen) atoms. The molecule has 0 bridgehead atoms. The molecule has 1 aromatic carbocycles. The fourth-order valence-electron chi connectivity index (χ4n) is 2.96. The Morgan fingerprint density at radius 1 is 1.26 bits per heavy atom. The number of halogens is 1. The van der Waals surface area contributed by atoms with Crippen LogP contribution < -0.4 is 4.90 Å². The predicted molar refractivity (Wildman–Crippen MR) is 99.0 cm³/mol. The third kappa shape index (κ3) is 3.33. The van der Waals surface area contributed by atoms with E-state index in [2.05, 4.69) is 15.1 Å². The quantitative estimate of drug-likeness (QED) is 0.630. The van der Waals surface area contributed by atoms with E-state index in [0.717, 1.165) is 0 Å². The van der Waals surface area contributed by atoms with Crippen molar-refractivity contribution in [1.82, 2.24) is 15.1 Å². The molecule has 0 radical (unpaired) electrons. The van der Waals surface area contributed by atoms with Crippen LogP contribution in [0.2, 0.25) is 5.02 Å². The molecule has 9 heteroatoms. The smallest absolute Gasteiger partial charge is 0.376 e. The average Bonchev–Trinajstić information content (AvgIpc) is 3.12. The first-order chi connectivity index (χ1) is 13.2. The first-order valence-electron chi connectivity index (χ1n) is 8.61. The van der Waals surface area contributed by atoms with Crippen LogP contribution in [0.1, 0.15) is 17.5 Å². The molecular formula is C18H17ClN4O4. The van der Waals surface area contributed by atoms with Crippen LogP contribution in [0.15, 0.2) is 28.8 Å². The minimum atomic E-state index is -0.607. The normalized spacial score (nSPS) is 14.5. The molecule has 1 aliphatic heterocycles. The van der Waals surface area contributed by atoms with Gasteiger partial charge in [-0.2, -0.15) is 4.98 Å². The summed E-state index contributed by atoms with van der Waals surface area (Å²) in [4.78, 5) is 22.9. The van der Waals surface area contributed by atoms with E-state index in [1.165, 1.54) is 0 Å². The number of carbonyl (C=O) groups is 1.